The van der Waals surface area contributed by atoms with Gasteiger partial charge in [-0.3, -0.25) is 9.59 Å². The van der Waals surface area contributed by atoms with Crippen LogP contribution in [0.15, 0.2) is 0 Å². The highest BCUT2D eigenvalue weighted by Gasteiger charge is 2.65. The van der Waals surface area contributed by atoms with Crippen molar-refractivity contribution in [3.05, 3.63) is 0 Å². The first-order valence-corrected chi connectivity index (χ1v) is 16.4. The highest BCUT2D eigenvalue weighted by molar-refractivity contribution is 8.33. The van der Waals surface area contributed by atoms with Gasteiger partial charge in [0, 0.05) is 23.8 Å². The molecular weight excluding hydrogens is 444 g/mol. The molecule has 5 nitrogen and oxygen atoms in total. The Morgan fingerprint density at radius 2 is 1.62 bits per heavy atom. The number of hydrogen-bond donors (Lipinski definition) is 0. The Hall–Kier alpha value is -0.400. The number of carbonyl (C=O) groups is 2. The van der Waals surface area contributed by atoms with Gasteiger partial charge in [0.25, 0.3) is 10.1 Å². The minimum atomic E-state index is -3.94. The molecule has 32 heavy (non-hydrogen) atoms. The zero-order valence-electron chi connectivity index (χ0n) is 20.6. The third kappa shape index (κ3) is 5.14. The van der Waals surface area contributed by atoms with E-state index < -0.39 is 25.8 Å². The third-order valence-electron chi connectivity index (χ3n) is 8.77. The van der Waals surface area contributed by atoms with E-state index in [9.17, 15) is 18.0 Å². The van der Waals surface area contributed by atoms with Crippen LogP contribution in [0.25, 0.3) is 0 Å². The summed E-state index contributed by atoms with van der Waals surface area (Å²) in [5.41, 5.74) is -1.14. The fourth-order valence-electron chi connectivity index (χ4n) is 6.43. The van der Waals surface area contributed by atoms with Gasteiger partial charge < -0.3 is 0 Å². The molecule has 2 atom stereocenters. The van der Waals surface area contributed by atoms with Crippen LogP contribution >= 0.6 is 10.3 Å². The van der Waals surface area contributed by atoms with Gasteiger partial charge in [0.2, 0.25) is 0 Å². The van der Waals surface area contributed by atoms with Gasteiger partial charge in [-0.2, -0.15) is 8.42 Å². The Morgan fingerprint density at radius 1 is 1.03 bits per heavy atom. The molecule has 3 fully saturated rings. The van der Waals surface area contributed by atoms with E-state index in [2.05, 4.69) is 27.7 Å². The summed E-state index contributed by atoms with van der Waals surface area (Å²) in [6.45, 7) is 8.30. The molecule has 2 bridgehead atoms. The van der Waals surface area contributed by atoms with Crippen LogP contribution in [0.1, 0.15) is 98.3 Å². The fraction of sp³-hybridized carbons (Fsp3) is 0.920. The van der Waals surface area contributed by atoms with Crippen LogP contribution in [-0.2, 0) is 23.3 Å². The van der Waals surface area contributed by atoms with E-state index in [0.29, 0.717) is 24.3 Å². The van der Waals surface area contributed by atoms with E-state index >= 15 is 0 Å². The summed E-state index contributed by atoms with van der Waals surface area (Å²) in [6, 6.07) is 0. The summed E-state index contributed by atoms with van der Waals surface area (Å²) in [5.74, 6) is 2.01. The molecule has 0 saturated heterocycles. The monoisotopic (exact) mass is 488 g/mol. The molecule has 0 aromatic heterocycles. The Bertz CT molecular complexity index is 789. The molecule has 3 saturated carbocycles. The molecule has 0 heterocycles. The first-order chi connectivity index (χ1) is 15.0. The predicted octanol–water partition coefficient (Wildman–Crippen LogP) is 5.81. The van der Waals surface area contributed by atoms with Gasteiger partial charge in [0.15, 0.2) is 0 Å². The number of ketones is 2. The maximum absolute atomic E-state index is 13.6. The van der Waals surface area contributed by atoms with Crippen LogP contribution in [0.5, 0.6) is 0 Å². The Labute approximate surface area is 197 Å². The maximum Gasteiger partial charge on any atom is 0.277 e. The van der Waals surface area contributed by atoms with Crippen molar-refractivity contribution in [1.82, 2.24) is 0 Å². The number of Topliss-reactive ketones (excluding diaryl/α,β-unsaturated/α-hetero) is 2. The zero-order chi connectivity index (χ0) is 23.6. The molecule has 0 N–H and O–H groups in total. The van der Waals surface area contributed by atoms with E-state index in [1.807, 2.05) is 0 Å². The minimum absolute atomic E-state index is 0.0703. The van der Waals surface area contributed by atoms with Crippen LogP contribution in [0, 0.1) is 22.7 Å². The molecule has 2 unspecified atom stereocenters. The minimum Gasteiger partial charge on any atom is -0.299 e. The fourth-order valence-corrected chi connectivity index (χ4v) is 13.3. The lowest BCUT2D eigenvalue weighted by Gasteiger charge is -2.41. The second kappa shape index (κ2) is 10.1. The second-order valence-corrected chi connectivity index (χ2v) is 16.1. The largest absolute Gasteiger partial charge is 0.299 e. The van der Waals surface area contributed by atoms with Gasteiger partial charge in [-0.15, -0.1) is 10.3 Å². The average molecular weight is 489 g/mol. The normalized spacial score (nSPS) is 28.5. The number of fused-ring (bicyclic) bond motifs is 2. The van der Waals surface area contributed by atoms with Gasteiger partial charge >= 0.3 is 0 Å². The first-order valence-electron chi connectivity index (χ1n) is 12.8. The van der Waals surface area contributed by atoms with E-state index in [-0.39, 0.29) is 40.3 Å². The quantitative estimate of drug-likeness (QED) is 0.327. The number of carbonyl (C=O) groups excluding carboxylic acids is 2. The van der Waals surface area contributed by atoms with Crippen LogP contribution in [0.4, 0.5) is 0 Å². The van der Waals surface area contributed by atoms with Gasteiger partial charge in [-0.05, 0) is 49.9 Å². The third-order valence-corrected chi connectivity index (χ3v) is 14.5. The number of rotatable bonds is 13. The van der Waals surface area contributed by atoms with Crippen molar-refractivity contribution in [3.63, 3.8) is 0 Å². The summed E-state index contributed by atoms with van der Waals surface area (Å²) in [6.07, 6.45) is 9.69. The lowest BCUT2D eigenvalue weighted by atomic mass is 9.70. The molecule has 0 aromatic rings. The summed E-state index contributed by atoms with van der Waals surface area (Å²) in [7, 11) is -6.02. The average Bonchev–Trinajstić information content (AvgIpc) is 3.37. The highest BCUT2D eigenvalue weighted by atomic mass is 32.3. The molecule has 0 spiro atoms. The molecule has 7 heteroatoms. The van der Waals surface area contributed by atoms with Gasteiger partial charge in [-0.1, -0.05) is 53.4 Å². The van der Waals surface area contributed by atoms with Crippen LogP contribution in [0.2, 0.25) is 0 Å². The molecule has 0 radical (unpaired) electrons. The van der Waals surface area contributed by atoms with Crippen molar-refractivity contribution in [2.75, 3.05) is 23.0 Å². The predicted molar refractivity (Wildman–Crippen MR) is 132 cm³/mol. The smallest absolute Gasteiger partial charge is 0.277 e. The van der Waals surface area contributed by atoms with E-state index in [1.54, 1.807) is 0 Å². The van der Waals surface area contributed by atoms with Gasteiger partial charge in [0.05, 0.1) is 16.9 Å². The summed E-state index contributed by atoms with van der Waals surface area (Å²) in [5, 5.41) is 0. The van der Waals surface area contributed by atoms with E-state index in [0.717, 1.165) is 57.8 Å². The molecule has 186 valence electrons. The SMILES string of the molecule is CCCCS(CCCC)(CC(=O)C1CCCC1)OS(=O)(=O)CC12CCC(CC1=O)C2(C)C. The summed E-state index contributed by atoms with van der Waals surface area (Å²) in [4.78, 5) is 26.1. The van der Waals surface area contributed by atoms with Crippen molar-refractivity contribution in [3.8, 4) is 0 Å². The van der Waals surface area contributed by atoms with Crippen molar-refractivity contribution in [2.24, 2.45) is 22.7 Å². The molecular formula is C25H44O5S2. The Kier molecular flexibility index (Phi) is 8.25. The number of unbranched alkanes of at least 4 members (excludes halogenated alkanes) is 2. The van der Waals surface area contributed by atoms with Gasteiger partial charge in [-0.25, -0.2) is 3.63 Å². The van der Waals surface area contributed by atoms with Crippen LogP contribution in [-0.4, -0.2) is 43.0 Å². The molecule has 3 aliphatic rings. The van der Waals surface area contributed by atoms with E-state index in [4.69, 9.17) is 3.63 Å². The lowest BCUT2D eigenvalue weighted by Crippen LogP contribution is -2.43. The Balaban J connectivity index is 1.86. The molecule has 3 rings (SSSR count). The zero-order valence-corrected chi connectivity index (χ0v) is 22.3. The molecule has 0 aliphatic heterocycles. The highest BCUT2D eigenvalue weighted by Crippen LogP contribution is 2.65. The van der Waals surface area contributed by atoms with Crippen molar-refractivity contribution in [1.29, 1.82) is 0 Å². The first kappa shape index (κ1) is 26.2. The molecule has 0 amide bonds. The number of hydrogen-bond acceptors (Lipinski definition) is 5. The molecule has 3 aliphatic carbocycles. The van der Waals surface area contributed by atoms with Crippen molar-refractivity contribution in [2.45, 2.75) is 98.3 Å². The topological polar surface area (TPSA) is 77.5 Å². The van der Waals surface area contributed by atoms with Gasteiger partial charge in [0.1, 0.15) is 11.6 Å². The van der Waals surface area contributed by atoms with Crippen molar-refractivity contribution < 1.29 is 21.6 Å². The maximum atomic E-state index is 13.6. The molecule has 0 aromatic carbocycles. The summed E-state index contributed by atoms with van der Waals surface area (Å²) >= 11 is 0. The lowest BCUT2D eigenvalue weighted by molar-refractivity contribution is -0.128. The second-order valence-electron chi connectivity index (χ2n) is 11.1. The van der Waals surface area contributed by atoms with E-state index in [1.165, 1.54) is 0 Å². The summed E-state index contributed by atoms with van der Waals surface area (Å²) < 4.78 is 33.4. The standard InChI is InChI=1S/C25H44O5S2/c1-5-7-15-31(16-8-6-2,18-22(26)20-11-9-10-12-20)30-32(28,29)19-25-14-13-21(17-23(25)27)24(25,3)4/h20-21H,5-19H2,1-4H3. The van der Waals surface area contributed by atoms with Crippen LogP contribution < -0.4 is 0 Å². The Morgan fingerprint density at radius 3 is 2.09 bits per heavy atom. The van der Waals surface area contributed by atoms with Crippen molar-refractivity contribution >= 4 is 32.0 Å². The van der Waals surface area contributed by atoms with Crippen LogP contribution in [0.3, 0.4) is 0 Å².